The molecule has 0 spiro atoms. The van der Waals surface area contributed by atoms with Crippen LogP contribution in [0.2, 0.25) is 0 Å². The Labute approximate surface area is 278 Å². The fourth-order valence-corrected chi connectivity index (χ4v) is 7.49. The third-order valence-electron chi connectivity index (χ3n) is 9.94. The third kappa shape index (κ3) is 4.06. The van der Waals surface area contributed by atoms with Crippen LogP contribution in [0.3, 0.4) is 0 Å². The summed E-state index contributed by atoms with van der Waals surface area (Å²) in [6.07, 6.45) is 0. The van der Waals surface area contributed by atoms with Crippen LogP contribution in [0.1, 0.15) is 0 Å². The van der Waals surface area contributed by atoms with Crippen molar-refractivity contribution in [2.45, 2.75) is 0 Å². The van der Waals surface area contributed by atoms with Gasteiger partial charge in [0.15, 0.2) is 23.0 Å². The minimum absolute atomic E-state index is 0.0269. The van der Waals surface area contributed by atoms with Crippen LogP contribution in [-0.2, 0) is 0 Å². The van der Waals surface area contributed by atoms with Crippen LogP contribution >= 0.6 is 0 Å². The molecule has 0 radical (unpaired) electrons. The van der Waals surface area contributed by atoms with Crippen molar-refractivity contribution in [1.29, 1.82) is 0 Å². The molecule has 0 atom stereocenters. The quantitative estimate of drug-likeness (QED) is 0.0863. The van der Waals surface area contributed by atoms with Crippen LogP contribution in [0.15, 0.2) is 133 Å². The summed E-state index contributed by atoms with van der Waals surface area (Å²) in [6, 6.07) is 44.1. The predicted molar refractivity (Wildman–Crippen MR) is 200 cm³/mol. The molecule has 10 aromatic carbocycles. The van der Waals surface area contributed by atoms with Crippen molar-refractivity contribution in [1.82, 2.24) is 0 Å². The lowest BCUT2D eigenvalue weighted by atomic mass is 9.95. The highest BCUT2D eigenvalue weighted by Crippen LogP contribution is 2.51. The summed E-state index contributed by atoms with van der Waals surface area (Å²) in [5.74, 6) is -1.71. The van der Waals surface area contributed by atoms with Crippen molar-refractivity contribution in [3.05, 3.63) is 133 Å². The van der Waals surface area contributed by atoms with Gasteiger partial charge in [-0.05, 0) is 136 Å². The van der Waals surface area contributed by atoms with Gasteiger partial charge < -0.3 is 25.2 Å². The van der Waals surface area contributed by atoms with E-state index in [-0.39, 0.29) is 23.0 Å². The predicted octanol–water partition coefficient (Wildman–Crippen LogP) is 11.5. The lowest BCUT2D eigenvalue weighted by Crippen LogP contribution is -1.92. The van der Waals surface area contributed by atoms with E-state index >= 15 is 0 Å². The summed E-state index contributed by atoms with van der Waals surface area (Å²) in [7, 11) is 0. The molecule has 0 aliphatic carbocycles. The van der Waals surface area contributed by atoms with Gasteiger partial charge in [0, 0.05) is 10.8 Å². The molecule has 4 N–H and O–H groups in total. The monoisotopic (exact) mass is 634 g/mol. The lowest BCUT2D eigenvalue weighted by molar-refractivity contribution is 0.356. The average molecular weight is 635 g/mol. The van der Waals surface area contributed by atoms with Gasteiger partial charge in [-0.3, -0.25) is 0 Å². The summed E-state index contributed by atoms with van der Waals surface area (Å²) in [6.45, 7) is 0. The topological polar surface area (TPSA) is 90.2 Å². The Bertz CT molecular complexity index is 2860. The highest BCUT2D eigenvalue weighted by molar-refractivity contribution is 6.18. The van der Waals surface area contributed by atoms with Gasteiger partial charge in [0.1, 0.15) is 0 Å². The van der Waals surface area contributed by atoms with Crippen molar-refractivity contribution in [3.8, 4) is 34.5 Å². The van der Waals surface area contributed by atoms with Crippen LogP contribution in [0.4, 0.5) is 0 Å². The molecule has 0 aliphatic rings. The molecule has 10 aromatic rings. The van der Waals surface area contributed by atoms with Gasteiger partial charge in [-0.1, -0.05) is 72.8 Å². The van der Waals surface area contributed by atoms with Gasteiger partial charge in [0.05, 0.1) is 0 Å². The van der Waals surface area contributed by atoms with E-state index in [1.807, 2.05) is 60.7 Å². The Morgan fingerprint density at radius 2 is 0.612 bits per heavy atom. The van der Waals surface area contributed by atoms with Crippen molar-refractivity contribution >= 4 is 86.2 Å². The molecular formula is C44H26O5. The van der Waals surface area contributed by atoms with Gasteiger partial charge >= 0.3 is 0 Å². The van der Waals surface area contributed by atoms with Crippen LogP contribution in [0.5, 0.6) is 34.5 Å². The Balaban J connectivity index is 1.24. The summed E-state index contributed by atoms with van der Waals surface area (Å²) in [4.78, 5) is 0. The van der Waals surface area contributed by atoms with E-state index in [9.17, 15) is 20.4 Å². The maximum absolute atomic E-state index is 11.3. The molecule has 10 rings (SSSR count). The maximum Gasteiger partial charge on any atom is 0.201 e. The number of hydrogen-bond acceptors (Lipinski definition) is 5. The lowest BCUT2D eigenvalue weighted by Gasteiger charge is -2.17. The SMILES string of the molecule is Oc1cc2cc3ccc4cc5ccccc5cc4c3cc2c(Oc2c(O)c(O)cc3cc4ccc5cc6ccccc6cc5c4cc23)c1O. The Morgan fingerprint density at radius 3 is 1.00 bits per heavy atom. The summed E-state index contributed by atoms with van der Waals surface area (Å²) in [5.41, 5.74) is 0. The van der Waals surface area contributed by atoms with E-state index in [0.717, 1.165) is 64.6 Å². The first-order chi connectivity index (χ1) is 23.9. The second kappa shape index (κ2) is 9.89. The molecular weight excluding hydrogens is 608 g/mol. The van der Waals surface area contributed by atoms with E-state index in [4.69, 9.17) is 4.74 Å². The number of phenolic OH excluding ortho intramolecular Hbond substituents is 4. The Hall–Kier alpha value is -6.72. The van der Waals surface area contributed by atoms with E-state index in [1.54, 1.807) is 0 Å². The second-order valence-electron chi connectivity index (χ2n) is 12.8. The van der Waals surface area contributed by atoms with Gasteiger partial charge in [-0.15, -0.1) is 0 Å². The first-order valence-electron chi connectivity index (χ1n) is 16.1. The van der Waals surface area contributed by atoms with E-state index in [0.29, 0.717) is 21.5 Å². The van der Waals surface area contributed by atoms with Crippen molar-refractivity contribution < 1.29 is 25.2 Å². The smallest absolute Gasteiger partial charge is 0.201 e. The highest BCUT2D eigenvalue weighted by Gasteiger charge is 2.22. The molecule has 5 heteroatoms. The number of benzene rings is 10. The van der Waals surface area contributed by atoms with Gasteiger partial charge in [0.2, 0.25) is 11.5 Å². The molecule has 0 fully saturated rings. The number of fused-ring (bicyclic) bond motifs is 10. The first kappa shape index (κ1) is 27.4. The molecule has 0 bridgehead atoms. The van der Waals surface area contributed by atoms with Crippen LogP contribution in [-0.4, -0.2) is 20.4 Å². The standard InChI is InChI=1S/C44H26O5/c45-39-19-31-15-29-11-9-27-13-23-5-1-3-7-25(23)17-33(27)35(29)21-37(31)43(41(39)47)49-44-38-22-36-30(16-32(38)20-40(46)42(44)48)12-10-28-14-24-6-2-4-8-26(24)18-34(28)36/h1-22,45-48H. The molecule has 0 heterocycles. The van der Waals surface area contributed by atoms with Crippen molar-refractivity contribution in [2.24, 2.45) is 0 Å². The minimum Gasteiger partial charge on any atom is -0.504 e. The first-order valence-corrected chi connectivity index (χ1v) is 16.1. The zero-order valence-corrected chi connectivity index (χ0v) is 25.9. The summed E-state index contributed by atoms with van der Waals surface area (Å²) >= 11 is 0. The molecule has 5 nitrogen and oxygen atoms in total. The zero-order valence-electron chi connectivity index (χ0n) is 25.9. The summed E-state index contributed by atoms with van der Waals surface area (Å²) in [5, 5.41) is 59.3. The third-order valence-corrected chi connectivity index (χ3v) is 9.94. The fourth-order valence-electron chi connectivity index (χ4n) is 7.49. The van der Waals surface area contributed by atoms with Gasteiger partial charge in [0.25, 0.3) is 0 Å². The fraction of sp³-hybridized carbons (Fsp3) is 0. The van der Waals surface area contributed by atoms with Gasteiger partial charge in [-0.2, -0.15) is 0 Å². The second-order valence-corrected chi connectivity index (χ2v) is 12.8. The average Bonchev–Trinajstić information content (AvgIpc) is 3.12. The van der Waals surface area contributed by atoms with Crippen LogP contribution in [0, 0.1) is 0 Å². The summed E-state index contributed by atoms with van der Waals surface area (Å²) < 4.78 is 6.47. The minimum atomic E-state index is -0.467. The van der Waals surface area contributed by atoms with E-state index in [2.05, 4.69) is 60.7 Å². The van der Waals surface area contributed by atoms with Crippen molar-refractivity contribution in [2.75, 3.05) is 0 Å². The number of ether oxygens (including phenoxy) is 1. The highest BCUT2D eigenvalue weighted by atomic mass is 16.5. The Morgan fingerprint density at radius 1 is 0.286 bits per heavy atom. The molecule has 0 saturated heterocycles. The number of aromatic hydroxyl groups is 4. The molecule has 0 aliphatic heterocycles. The molecule has 0 unspecified atom stereocenters. The number of rotatable bonds is 2. The number of phenols is 4. The molecule has 0 amide bonds. The van der Waals surface area contributed by atoms with Crippen LogP contribution in [0.25, 0.3) is 86.2 Å². The van der Waals surface area contributed by atoms with E-state index < -0.39 is 11.5 Å². The number of hydrogen-bond donors (Lipinski definition) is 4. The molecule has 232 valence electrons. The molecule has 49 heavy (non-hydrogen) atoms. The molecule has 0 aromatic heterocycles. The maximum atomic E-state index is 11.3. The van der Waals surface area contributed by atoms with Crippen molar-refractivity contribution in [3.63, 3.8) is 0 Å². The van der Waals surface area contributed by atoms with Gasteiger partial charge in [-0.25, -0.2) is 0 Å². The largest absolute Gasteiger partial charge is 0.504 e. The normalized spacial score (nSPS) is 12.0. The zero-order chi connectivity index (χ0) is 33.0. The van der Waals surface area contributed by atoms with Crippen LogP contribution < -0.4 is 4.74 Å². The molecule has 0 saturated carbocycles. The Kier molecular flexibility index (Phi) is 5.53. The van der Waals surface area contributed by atoms with E-state index in [1.165, 1.54) is 12.1 Å².